The Hall–Kier alpha value is -2.54. The molecule has 0 spiro atoms. The van der Waals surface area contributed by atoms with Gasteiger partial charge in [-0.1, -0.05) is 0 Å². The van der Waals surface area contributed by atoms with Crippen LogP contribution in [0.4, 0.5) is 5.69 Å². The fourth-order valence-corrected chi connectivity index (χ4v) is 7.06. The number of carbonyl (C=O) groups excluding carboxylic acids is 1. The van der Waals surface area contributed by atoms with E-state index < -0.39 is 31.5 Å². The van der Waals surface area contributed by atoms with Gasteiger partial charge < -0.3 is 9.88 Å². The van der Waals surface area contributed by atoms with Crippen LogP contribution in [0.3, 0.4) is 0 Å². The Morgan fingerprint density at radius 3 is 1.79 bits per heavy atom. The van der Waals surface area contributed by atoms with Gasteiger partial charge in [-0.15, -0.1) is 0 Å². The monoisotopic (exact) mass is 494 g/mol. The van der Waals surface area contributed by atoms with Gasteiger partial charge >= 0.3 is 0 Å². The van der Waals surface area contributed by atoms with Crippen molar-refractivity contribution < 1.29 is 21.6 Å². The second kappa shape index (κ2) is 9.37. The number of benzene rings is 1. The molecule has 0 bridgehead atoms. The summed E-state index contributed by atoms with van der Waals surface area (Å²) in [6.07, 6.45) is 4.45. The molecule has 2 saturated heterocycles. The van der Waals surface area contributed by atoms with Crippen LogP contribution in [0.15, 0.2) is 57.2 Å². The first-order valence-corrected chi connectivity index (χ1v) is 13.7. The van der Waals surface area contributed by atoms with E-state index in [1.54, 1.807) is 0 Å². The van der Waals surface area contributed by atoms with Crippen molar-refractivity contribution in [3.63, 3.8) is 0 Å². The molecule has 3 heterocycles. The number of hydrogen-bond donors (Lipinski definition) is 1. The summed E-state index contributed by atoms with van der Waals surface area (Å²) in [4.78, 5) is 24.8. The van der Waals surface area contributed by atoms with E-state index in [1.165, 1.54) is 45.1 Å². The molecule has 12 heteroatoms. The summed E-state index contributed by atoms with van der Waals surface area (Å²) < 4.78 is 54.5. The maximum absolute atomic E-state index is 12.7. The third-order valence-corrected chi connectivity index (χ3v) is 9.61. The topological polar surface area (TPSA) is 126 Å². The molecule has 0 radical (unpaired) electrons. The summed E-state index contributed by atoms with van der Waals surface area (Å²) >= 11 is 0. The minimum Gasteiger partial charge on any atom is -0.325 e. The highest BCUT2D eigenvalue weighted by atomic mass is 32.2. The summed E-state index contributed by atoms with van der Waals surface area (Å²) in [6, 6.07) is 8.21. The van der Waals surface area contributed by atoms with Gasteiger partial charge in [-0.25, -0.2) is 16.8 Å². The summed E-state index contributed by atoms with van der Waals surface area (Å²) in [5, 5.41) is 2.61. The summed E-state index contributed by atoms with van der Waals surface area (Å²) in [5.74, 6) is -0.539. The summed E-state index contributed by atoms with van der Waals surface area (Å²) in [6.45, 7) is 1.50. The maximum Gasteiger partial charge on any atom is 0.251 e. The van der Waals surface area contributed by atoms with Crippen molar-refractivity contribution in [1.82, 2.24) is 13.2 Å². The van der Waals surface area contributed by atoms with Gasteiger partial charge in [0, 0.05) is 44.1 Å². The number of amides is 1. The van der Waals surface area contributed by atoms with Crippen molar-refractivity contribution in [2.75, 3.05) is 31.5 Å². The molecule has 0 aliphatic carbocycles. The van der Waals surface area contributed by atoms with Crippen LogP contribution in [-0.2, 0) is 31.4 Å². The highest BCUT2D eigenvalue weighted by molar-refractivity contribution is 7.89. The zero-order valence-electron chi connectivity index (χ0n) is 18.0. The molecule has 178 valence electrons. The average Bonchev–Trinajstić information content (AvgIpc) is 3.50. The zero-order valence-corrected chi connectivity index (χ0v) is 19.6. The van der Waals surface area contributed by atoms with E-state index >= 15 is 0 Å². The molecule has 2 fully saturated rings. The molecule has 0 saturated carbocycles. The maximum atomic E-state index is 12.7. The molecule has 10 nitrogen and oxygen atoms in total. The largest absolute Gasteiger partial charge is 0.325 e. The minimum atomic E-state index is -3.72. The molecular weight excluding hydrogens is 468 g/mol. The second-order valence-electron chi connectivity index (χ2n) is 8.13. The number of anilines is 1. The van der Waals surface area contributed by atoms with Crippen molar-refractivity contribution in [2.45, 2.75) is 42.0 Å². The first-order valence-electron chi connectivity index (χ1n) is 10.8. The first kappa shape index (κ1) is 23.6. The number of rotatable bonds is 7. The van der Waals surface area contributed by atoms with E-state index in [2.05, 4.69) is 5.32 Å². The van der Waals surface area contributed by atoms with Crippen LogP contribution in [-0.4, -0.2) is 62.1 Å². The van der Waals surface area contributed by atoms with Crippen LogP contribution in [0.5, 0.6) is 0 Å². The van der Waals surface area contributed by atoms with Gasteiger partial charge in [0.2, 0.25) is 26.0 Å². The van der Waals surface area contributed by atoms with Crippen molar-refractivity contribution in [2.24, 2.45) is 0 Å². The Balaban J connectivity index is 1.45. The molecular formula is C21H26N4O6S2. The normalized spacial score (nSPS) is 17.9. The molecule has 0 atom stereocenters. The minimum absolute atomic E-state index is 0.0340. The number of pyridine rings is 1. The smallest absolute Gasteiger partial charge is 0.251 e. The lowest BCUT2D eigenvalue weighted by Gasteiger charge is -2.16. The summed E-state index contributed by atoms with van der Waals surface area (Å²) in [5.41, 5.74) is -0.133. The highest BCUT2D eigenvalue weighted by Crippen LogP contribution is 2.22. The predicted molar refractivity (Wildman–Crippen MR) is 122 cm³/mol. The van der Waals surface area contributed by atoms with E-state index in [-0.39, 0.29) is 16.3 Å². The van der Waals surface area contributed by atoms with Crippen molar-refractivity contribution in [1.29, 1.82) is 0 Å². The molecule has 1 aromatic heterocycles. The number of nitrogens with one attached hydrogen (secondary N) is 1. The van der Waals surface area contributed by atoms with Crippen LogP contribution in [0, 0.1) is 0 Å². The van der Waals surface area contributed by atoms with Crippen LogP contribution in [0.25, 0.3) is 0 Å². The van der Waals surface area contributed by atoms with Crippen LogP contribution < -0.4 is 10.9 Å². The SMILES string of the molecule is O=C(Cn1cc(S(=O)(=O)N2CCCC2)ccc1=O)Nc1ccc(S(=O)(=O)N2CCCC2)cc1. The quantitative estimate of drug-likeness (QED) is 0.613. The standard InChI is InChI=1S/C21H26N4O6S2/c26-20(22-17-5-7-18(8-6-17)32(28,29)24-11-1-2-12-24)16-23-15-19(9-10-21(23)27)33(30,31)25-13-3-4-14-25/h5-10,15H,1-4,11-14,16H2,(H,22,26). The van der Waals surface area contributed by atoms with E-state index in [4.69, 9.17) is 0 Å². The Morgan fingerprint density at radius 1 is 0.758 bits per heavy atom. The van der Waals surface area contributed by atoms with Crippen molar-refractivity contribution >= 4 is 31.6 Å². The predicted octanol–water partition coefficient (Wildman–Crippen LogP) is 1.06. The molecule has 1 N–H and O–H groups in total. The van der Waals surface area contributed by atoms with Gasteiger partial charge in [-0.05, 0) is 56.0 Å². The van der Waals surface area contributed by atoms with Crippen LogP contribution in [0.1, 0.15) is 25.7 Å². The lowest BCUT2D eigenvalue weighted by molar-refractivity contribution is -0.116. The van der Waals surface area contributed by atoms with Gasteiger partial charge in [0.1, 0.15) is 6.54 Å². The molecule has 4 rings (SSSR count). The Kier molecular flexibility index (Phi) is 6.71. The molecule has 0 unspecified atom stereocenters. The molecule has 2 aromatic rings. The zero-order chi connectivity index (χ0) is 23.6. The van der Waals surface area contributed by atoms with Gasteiger partial charge in [-0.3, -0.25) is 9.59 Å². The fraction of sp³-hybridized carbons (Fsp3) is 0.429. The van der Waals surface area contributed by atoms with Crippen LogP contribution in [0.2, 0.25) is 0 Å². The molecule has 2 aliphatic heterocycles. The summed E-state index contributed by atoms with van der Waals surface area (Å²) in [7, 11) is -7.27. The Bertz CT molecular complexity index is 1290. The Morgan fingerprint density at radius 2 is 1.24 bits per heavy atom. The number of carbonyl (C=O) groups is 1. The van der Waals surface area contributed by atoms with Crippen molar-refractivity contribution in [3.8, 4) is 0 Å². The van der Waals surface area contributed by atoms with E-state index in [1.807, 2.05) is 0 Å². The Labute approximate surface area is 192 Å². The van der Waals surface area contributed by atoms with Gasteiger partial charge in [0.05, 0.1) is 9.79 Å². The number of aromatic nitrogens is 1. The molecule has 1 aromatic carbocycles. The van der Waals surface area contributed by atoms with Gasteiger partial charge in [-0.2, -0.15) is 8.61 Å². The van der Waals surface area contributed by atoms with E-state index in [0.717, 1.165) is 36.3 Å². The van der Waals surface area contributed by atoms with E-state index in [0.29, 0.717) is 31.9 Å². The molecule has 1 amide bonds. The number of nitrogens with zero attached hydrogens (tertiary/aromatic N) is 3. The lowest BCUT2D eigenvalue weighted by atomic mass is 10.3. The molecule has 33 heavy (non-hydrogen) atoms. The second-order valence-corrected chi connectivity index (χ2v) is 12.0. The van der Waals surface area contributed by atoms with E-state index in [9.17, 15) is 26.4 Å². The third kappa shape index (κ3) is 5.03. The van der Waals surface area contributed by atoms with Gasteiger partial charge in [0.25, 0.3) is 5.56 Å². The first-order chi connectivity index (χ1) is 15.7. The molecule has 2 aliphatic rings. The number of sulfonamides is 2. The third-order valence-electron chi connectivity index (χ3n) is 5.81. The fourth-order valence-electron chi connectivity index (χ4n) is 4.01. The average molecular weight is 495 g/mol. The van der Waals surface area contributed by atoms with Crippen LogP contribution >= 0.6 is 0 Å². The van der Waals surface area contributed by atoms with Gasteiger partial charge in [0.15, 0.2) is 0 Å². The van der Waals surface area contributed by atoms with Crippen molar-refractivity contribution in [3.05, 3.63) is 52.9 Å². The number of hydrogen-bond acceptors (Lipinski definition) is 6. The lowest BCUT2D eigenvalue weighted by Crippen LogP contribution is -2.31. The highest BCUT2D eigenvalue weighted by Gasteiger charge is 2.28.